The molecular weight excluding hydrogens is 176 g/mol. The van der Waals surface area contributed by atoms with E-state index in [1.807, 2.05) is 0 Å². The monoisotopic (exact) mass is 190 g/mol. The highest BCUT2D eigenvalue weighted by Gasteiger charge is 2.17. The van der Waals surface area contributed by atoms with Gasteiger partial charge in [-0.25, -0.2) is 0 Å². The number of thioether (sulfide) groups is 1. The summed E-state index contributed by atoms with van der Waals surface area (Å²) in [4.78, 5) is 11.1. The highest BCUT2D eigenvalue weighted by molar-refractivity contribution is 8.14. The van der Waals surface area contributed by atoms with Crippen molar-refractivity contribution in [1.29, 1.82) is 0 Å². The summed E-state index contributed by atoms with van der Waals surface area (Å²) in [6, 6.07) is 0. The maximum atomic E-state index is 11.1. The second-order valence-electron chi connectivity index (χ2n) is 2.87. The maximum absolute atomic E-state index is 11.1. The lowest BCUT2D eigenvalue weighted by atomic mass is 10.1. The molecule has 0 saturated carbocycles. The summed E-state index contributed by atoms with van der Waals surface area (Å²) >= 11 is 5.71. The molecule has 0 aromatic heterocycles. The molecule has 0 aromatic carbocycles. The summed E-state index contributed by atoms with van der Waals surface area (Å²) < 4.78 is 0. The SMILES string of the molecule is O=C1CCCCC(CCS)S1. The van der Waals surface area contributed by atoms with Gasteiger partial charge in [0.2, 0.25) is 0 Å². The summed E-state index contributed by atoms with van der Waals surface area (Å²) in [6.07, 6.45) is 5.39. The van der Waals surface area contributed by atoms with E-state index in [1.54, 1.807) is 11.8 Å². The molecule has 0 N–H and O–H groups in total. The first kappa shape index (κ1) is 9.46. The van der Waals surface area contributed by atoms with E-state index >= 15 is 0 Å². The lowest BCUT2D eigenvalue weighted by molar-refractivity contribution is -0.111. The van der Waals surface area contributed by atoms with Crippen LogP contribution in [0.2, 0.25) is 0 Å². The Morgan fingerprint density at radius 1 is 1.55 bits per heavy atom. The van der Waals surface area contributed by atoms with E-state index in [0.29, 0.717) is 10.4 Å². The van der Waals surface area contributed by atoms with Crippen LogP contribution in [0.5, 0.6) is 0 Å². The van der Waals surface area contributed by atoms with Gasteiger partial charge in [-0.2, -0.15) is 12.6 Å². The number of hydrogen-bond donors (Lipinski definition) is 1. The van der Waals surface area contributed by atoms with Crippen molar-refractivity contribution in [3.8, 4) is 0 Å². The van der Waals surface area contributed by atoms with Crippen LogP contribution in [0.1, 0.15) is 32.1 Å². The van der Waals surface area contributed by atoms with E-state index in [2.05, 4.69) is 12.6 Å². The van der Waals surface area contributed by atoms with Crippen LogP contribution in [-0.2, 0) is 4.79 Å². The zero-order valence-corrected chi connectivity index (χ0v) is 8.29. The summed E-state index contributed by atoms with van der Waals surface area (Å²) in [6.45, 7) is 0. The van der Waals surface area contributed by atoms with Gasteiger partial charge in [0.25, 0.3) is 0 Å². The van der Waals surface area contributed by atoms with Crippen molar-refractivity contribution in [1.82, 2.24) is 0 Å². The molecule has 1 aliphatic rings. The van der Waals surface area contributed by atoms with Crippen LogP contribution < -0.4 is 0 Å². The first-order valence-electron chi connectivity index (χ1n) is 4.13. The summed E-state index contributed by atoms with van der Waals surface area (Å²) in [5.74, 6) is 0.908. The minimum atomic E-state index is 0.384. The molecule has 0 amide bonds. The average molecular weight is 190 g/mol. The quantitative estimate of drug-likeness (QED) is 0.674. The third kappa shape index (κ3) is 3.52. The Morgan fingerprint density at radius 3 is 3.09 bits per heavy atom. The van der Waals surface area contributed by atoms with Crippen LogP contribution in [0.25, 0.3) is 0 Å². The molecule has 0 aromatic rings. The lowest BCUT2D eigenvalue weighted by Crippen LogP contribution is -2.04. The molecule has 1 heterocycles. The van der Waals surface area contributed by atoms with Crippen molar-refractivity contribution >= 4 is 29.5 Å². The molecule has 3 heteroatoms. The number of rotatable bonds is 2. The summed E-state index contributed by atoms with van der Waals surface area (Å²) in [5, 5.41) is 0.941. The molecule has 0 spiro atoms. The molecule has 1 nitrogen and oxygen atoms in total. The minimum absolute atomic E-state index is 0.384. The Balaban J connectivity index is 2.33. The van der Waals surface area contributed by atoms with Crippen molar-refractivity contribution in [2.24, 2.45) is 0 Å². The first-order valence-corrected chi connectivity index (χ1v) is 5.64. The molecule has 11 heavy (non-hydrogen) atoms. The maximum Gasteiger partial charge on any atom is 0.189 e. The number of hydrogen-bond acceptors (Lipinski definition) is 3. The Morgan fingerprint density at radius 2 is 2.36 bits per heavy atom. The van der Waals surface area contributed by atoms with Crippen LogP contribution in [0, 0.1) is 0 Å². The van der Waals surface area contributed by atoms with Gasteiger partial charge in [-0.05, 0) is 25.0 Å². The normalized spacial score (nSPS) is 26.6. The second-order valence-corrected chi connectivity index (χ2v) is 4.67. The number of carbonyl (C=O) groups excluding carboxylic acids is 1. The Bertz CT molecular complexity index is 136. The summed E-state index contributed by atoms with van der Waals surface area (Å²) in [7, 11) is 0. The molecule has 1 saturated heterocycles. The molecule has 0 aliphatic carbocycles. The predicted octanol–water partition coefficient (Wildman–Crippen LogP) is 2.51. The smallest absolute Gasteiger partial charge is 0.189 e. The fourth-order valence-corrected chi connectivity index (χ4v) is 2.93. The highest BCUT2D eigenvalue weighted by atomic mass is 32.2. The lowest BCUT2D eigenvalue weighted by Gasteiger charge is -2.09. The topological polar surface area (TPSA) is 17.1 Å². The van der Waals surface area contributed by atoms with Crippen LogP contribution in [0.3, 0.4) is 0 Å². The van der Waals surface area contributed by atoms with E-state index in [9.17, 15) is 4.79 Å². The van der Waals surface area contributed by atoms with Crippen molar-refractivity contribution in [3.05, 3.63) is 0 Å². The van der Waals surface area contributed by atoms with Crippen LogP contribution in [0.4, 0.5) is 0 Å². The van der Waals surface area contributed by atoms with E-state index in [-0.39, 0.29) is 0 Å². The van der Waals surface area contributed by atoms with E-state index in [1.165, 1.54) is 12.8 Å². The van der Waals surface area contributed by atoms with Crippen LogP contribution in [0.15, 0.2) is 0 Å². The molecule has 64 valence electrons. The van der Waals surface area contributed by atoms with Gasteiger partial charge in [0.05, 0.1) is 0 Å². The third-order valence-electron chi connectivity index (χ3n) is 1.91. The first-order chi connectivity index (χ1) is 5.33. The van der Waals surface area contributed by atoms with E-state index < -0.39 is 0 Å². The number of thiol groups is 1. The molecule has 1 aliphatic heterocycles. The van der Waals surface area contributed by atoms with Gasteiger partial charge < -0.3 is 0 Å². The Labute approximate surface area is 77.7 Å². The molecule has 1 atom stereocenters. The van der Waals surface area contributed by atoms with Gasteiger partial charge in [-0.3, -0.25) is 4.79 Å². The van der Waals surface area contributed by atoms with Gasteiger partial charge >= 0.3 is 0 Å². The van der Waals surface area contributed by atoms with E-state index in [4.69, 9.17) is 0 Å². The van der Waals surface area contributed by atoms with Gasteiger partial charge in [0.1, 0.15) is 0 Å². The van der Waals surface area contributed by atoms with Crippen molar-refractivity contribution in [3.63, 3.8) is 0 Å². The molecular formula is C8H14OS2. The van der Waals surface area contributed by atoms with Gasteiger partial charge in [0, 0.05) is 11.7 Å². The van der Waals surface area contributed by atoms with E-state index in [0.717, 1.165) is 25.0 Å². The minimum Gasteiger partial charge on any atom is -0.287 e. The zero-order chi connectivity index (χ0) is 8.10. The summed E-state index contributed by atoms with van der Waals surface area (Å²) in [5.41, 5.74) is 0. The fraction of sp³-hybridized carbons (Fsp3) is 0.875. The molecule has 1 fully saturated rings. The third-order valence-corrected chi connectivity index (χ3v) is 3.44. The molecule has 1 unspecified atom stereocenters. The Hall–Kier alpha value is 0.370. The average Bonchev–Trinajstić information content (AvgIpc) is 2.15. The second kappa shape index (κ2) is 5.09. The number of carbonyl (C=O) groups is 1. The zero-order valence-electron chi connectivity index (χ0n) is 6.58. The van der Waals surface area contributed by atoms with Crippen LogP contribution >= 0.6 is 24.4 Å². The fourth-order valence-electron chi connectivity index (χ4n) is 1.29. The largest absolute Gasteiger partial charge is 0.287 e. The van der Waals surface area contributed by atoms with Crippen molar-refractivity contribution in [2.45, 2.75) is 37.4 Å². The predicted molar refractivity (Wildman–Crippen MR) is 53.3 cm³/mol. The van der Waals surface area contributed by atoms with Crippen molar-refractivity contribution < 1.29 is 4.79 Å². The molecule has 1 rings (SSSR count). The van der Waals surface area contributed by atoms with Gasteiger partial charge in [0.15, 0.2) is 5.12 Å². The standard InChI is InChI=1S/C8H14OS2/c9-8-4-2-1-3-7(11-8)5-6-10/h7,10H,1-6H2. The van der Waals surface area contributed by atoms with Crippen molar-refractivity contribution in [2.75, 3.05) is 5.75 Å². The van der Waals surface area contributed by atoms with Crippen LogP contribution in [-0.4, -0.2) is 16.1 Å². The molecule has 0 bridgehead atoms. The van der Waals surface area contributed by atoms with Gasteiger partial charge in [-0.15, -0.1) is 0 Å². The highest BCUT2D eigenvalue weighted by Crippen LogP contribution is 2.27. The Kier molecular flexibility index (Phi) is 4.38. The van der Waals surface area contributed by atoms with Gasteiger partial charge in [-0.1, -0.05) is 18.2 Å². The molecule has 0 radical (unpaired) electrons.